The van der Waals surface area contributed by atoms with Gasteiger partial charge in [0, 0.05) is 12.0 Å². The number of anilines is 1. The van der Waals surface area contributed by atoms with Crippen LogP contribution >= 0.6 is 0 Å². The van der Waals surface area contributed by atoms with Crippen LogP contribution in [0.1, 0.15) is 32.8 Å². The first-order valence-corrected chi connectivity index (χ1v) is 10.0. The lowest BCUT2D eigenvalue weighted by atomic mass is 9.92. The van der Waals surface area contributed by atoms with E-state index in [9.17, 15) is 45.8 Å². The van der Waals surface area contributed by atoms with Crippen molar-refractivity contribution in [3.05, 3.63) is 23.8 Å². The Morgan fingerprint density at radius 3 is 1.89 bits per heavy atom. The van der Waals surface area contributed by atoms with Crippen LogP contribution in [0.5, 0.6) is 5.75 Å². The van der Waals surface area contributed by atoms with Gasteiger partial charge in [-0.25, -0.2) is 9.59 Å². The number of benzene rings is 1. The summed E-state index contributed by atoms with van der Waals surface area (Å²) < 4.78 is 97.4. The molecule has 0 saturated carbocycles. The molecule has 1 rings (SSSR count). The Labute approximate surface area is 195 Å². The number of esters is 2. The third kappa shape index (κ3) is 5.89. The Bertz CT molecular complexity index is 938. The molecule has 3 N–H and O–H groups in total. The lowest BCUT2D eigenvalue weighted by Gasteiger charge is -2.36. The summed E-state index contributed by atoms with van der Waals surface area (Å²) in [5, 5.41) is 13.4. The fourth-order valence-corrected chi connectivity index (χ4v) is 2.79. The zero-order chi connectivity index (χ0) is 27.2. The molecule has 0 heterocycles. The summed E-state index contributed by atoms with van der Waals surface area (Å²) in [5.74, 6) is -5.98. The van der Waals surface area contributed by atoms with Gasteiger partial charge in [-0.05, 0) is 26.0 Å². The molecule has 0 fully saturated rings. The van der Waals surface area contributed by atoms with Crippen LogP contribution in [0, 0.1) is 0 Å². The summed E-state index contributed by atoms with van der Waals surface area (Å²) in [6.07, 6.45) is -11.8. The van der Waals surface area contributed by atoms with E-state index >= 15 is 0 Å². The van der Waals surface area contributed by atoms with E-state index < -0.39 is 78.1 Å². The summed E-state index contributed by atoms with van der Waals surface area (Å²) in [6, 6.07) is 1.58. The van der Waals surface area contributed by atoms with Gasteiger partial charge in [-0.2, -0.15) is 26.3 Å². The van der Waals surface area contributed by atoms with Crippen LogP contribution in [-0.4, -0.2) is 61.3 Å². The second-order valence-corrected chi connectivity index (χ2v) is 6.84. The largest absolute Gasteiger partial charge is 0.495 e. The zero-order valence-electron chi connectivity index (χ0n) is 19.0. The normalized spacial score (nSPS) is 15.3. The second-order valence-electron chi connectivity index (χ2n) is 6.84. The van der Waals surface area contributed by atoms with Gasteiger partial charge in [0.1, 0.15) is 5.75 Å². The molecule has 9 nitrogen and oxygen atoms in total. The van der Waals surface area contributed by atoms with E-state index in [-0.39, 0.29) is 0 Å². The number of ether oxygens (including phenoxy) is 3. The van der Waals surface area contributed by atoms with Crippen LogP contribution in [0.3, 0.4) is 0 Å². The zero-order valence-corrected chi connectivity index (χ0v) is 19.0. The van der Waals surface area contributed by atoms with Gasteiger partial charge >= 0.3 is 30.0 Å². The minimum atomic E-state index is -5.66. The first-order chi connectivity index (χ1) is 16.0. The number of carbonyl (C=O) groups excluding carboxylic acids is 3. The Kier molecular flexibility index (Phi) is 9.37. The van der Waals surface area contributed by atoms with Crippen molar-refractivity contribution >= 4 is 23.5 Å². The average Bonchev–Trinajstić information content (AvgIpc) is 2.76. The summed E-state index contributed by atoms with van der Waals surface area (Å²) in [6.45, 7) is 2.44. The van der Waals surface area contributed by atoms with Crippen molar-refractivity contribution in [3.8, 4) is 5.75 Å². The summed E-state index contributed by atoms with van der Waals surface area (Å²) >= 11 is 0. The molecule has 0 saturated heterocycles. The van der Waals surface area contributed by atoms with E-state index in [0.29, 0.717) is 18.2 Å². The molecule has 15 heteroatoms. The molecule has 1 amide bonds. The molecule has 0 radical (unpaired) electrons. The quantitative estimate of drug-likeness (QED) is 0.246. The predicted molar refractivity (Wildman–Crippen MR) is 107 cm³/mol. The van der Waals surface area contributed by atoms with E-state index in [0.717, 1.165) is 7.11 Å². The fraction of sp³-hybridized carbons (Fsp3) is 0.550. The number of nitrogens with one attached hydrogen (secondary N) is 2. The maximum Gasteiger partial charge on any atom is 0.441 e. The molecular formula is C20H24F6N2O7. The molecule has 198 valence electrons. The highest BCUT2D eigenvalue weighted by atomic mass is 19.4. The first kappa shape index (κ1) is 29.8. The Morgan fingerprint density at radius 2 is 1.46 bits per heavy atom. The molecule has 0 unspecified atom stereocenters. The van der Waals surface area contributed by atoms with Crippen molar-refractivity contribution in [2.24, 2.45) is 0 Å². The number of hydrogen-bond acceptors (Lipinski definition) is 8. The highest BCUT2D eigenvalue weighted by molar-refractivity contribution is 5.92. The highest BCUT2D eigenvalue weighted by Gasteiger charge is 2.65. The van der Waals surface area contributed by atoms with E-state index in [4.69, 9.17) is 4.74 Å². The van der Waals surface area contributed by atoms with Crippen LogP contribution in [0.15, 0.2) is 18.2 Å². The van der Waals surface area contributed by atoms with Crippen LogP contribution < -0.4 is 15.4 Å². The second kappa shape index (κ2) is 11.0. The van der Waals surface area contributed by atoms with Gasteiger partial charge in [0.2, 0.25) is 5.91 Å². The van der Waals surface area contributed by atoms with Crippen molar-refractivity contribution in [2.75, 3.05) is 25.6 Å². The van der Waals surface area contributed by atoms with E-state index in [1.807, 2.05) is 0 Å². The van der Waals surface area contributed by atoms with Gasteiger partial charge in [0.25, 0.3) is 5.60 Å². The monoisotopic (exact) mass is 518 g/mol. The number of carbonyl (C=O) groups is 3. The molecule has 1 aromatic carbocycles. The van der Waals surface area contributed by atoms with Crippen molar-refractivity contribution in [2.45, 2.75) is 50.8 Å². The Balaban J connectivity index is 3.88. The van der Waals surface area contributed by atoms with Crippen LogP contribution in [-0.2, 0) is 29.5 Å². The number of alkyl halides is 6. The number of halogens is 6. The lowest BCUT2D eigenvalue weighted by Crippen LogP contribution is -2.69. The van der Waals surface area contributed by atoms with Crippen LogP contribution in [0.4, 0.5) is 32.0 Å². The van der Waals surface area contributed by atoms with Gasteiger partial charge in [0.05, 0.1) is 26.0 Å². The molecular weight excluding hydrogens is 494 g/mol. The third-order valence-electron chi connectivity index (χ3n) is 4.58. The lowest BCUT2D eigenvalue weighted by molar-refractivity contribution is -0.267. The molecule has 0 aliphatic heterocycles. The van der Waals surface area contributed by atoms with Crippen LogP contribution in [0.2, 0.25) is 0 Å². The summed E-state index contributed by atoms with van der Waals surface area (Å²) in [5.41, 5.74) is -10.5. The summed E-state index contributed by atoms with van der Waals surface area (Å²) in [7, 11) is 0.950. The minimum Gasteiger partial charge on any atom is -0.495 e. The molecule has 1 aromatic rings. The van der Waals surface area contributed by atoms with Crippen molar-refractivity contribution in [1.82, 2.24) is 5.32 Å². The third-order valence-corrected chi connectivity index (χ3v) is 4.58. The SMILES string of the molecule is CCOC(=O)[C@@](NC(=O)CC)(Nc1cc([C@@](O)(C(=O)OCC)C(F)(F)F)ccc1OC)C(F)(F)F. The topological polar surface area (TPSA) is 123 Å². The molecule has 0 spiro atoms. The van der Waals surface area contributed by atoms with E-state index in [1.165, 1.54) is 26.1 Å². The van der Waals surface area contributed by atoms with Gasteiger partial charge in [-0.15, -0.1) is 0 Å². The number of aliphatic hydroxyl groups is 1. The van der Waals surface area contributed by atoms with E-state index in [2.05, 4.69) is 9.47 Å². The first-order valence-electron chi connectivity index (χ1n) is 10.0. The average molecular weight is 518 g/mol. The smallest absolute Gasteiger partial charge is 0.441 e. The maximum absolute atomic E-state index is 14.2. The molecule has 0 aromatic heterocycles. The fourth-order valence-electron chi connectivity index (χ4n) is 2.79. The van der Waals surface area contributed by atoms with Gasteiger partial charge in [0.15, 0.2) is 0 Å². The summed E-state index contributed by atoms with van der Waals surface area (Å²) in [4.78, 5) is 36.4. The number of amides is 1. The molecule has 35 heavy (non-hydrogen) atoms. The van der Waals surface area contributed by atoms with Crippen molar-refractivity contribution < 1.29 is 60.0 Å². The molecule has 0 aliphatic carbocycles. The minimum absolute atomic E-state index is 0.307. The van der Waals surface area contributed by atoms with Crippen molar-refractivity contribution in [3.63, 3.8) is 0 Å². The predicted octanol–water partition coefficient (Wildman–Crippen LogP) is 2.77. The Morgan fingerprint density at radius 1 is 0.914 bits per heavy atom. The van der Waals surface area contributed by atoms with Crippen molar-refractivity contribution in [1.29, 1.82) is 0 Å². The maximum atomic E-state index is 14.2. The molecule has 0 aliphatic rings. The molecule has 2 atom stereocenters. The highest BCUT2D eigenvalue weighted by Crippen LogP contribution is 2.43. The number of rotatable bonds is 10. The van der Waals surface area contributed by atoms with Crippen LogP contribution in [0.25, 0.3) is 0 Å². The standard InChI is InChI=1S/C20H24F6N2O7/c1-5-14(29)28-18(20(24,25)26,16(31)35-7-3)27-12-10-11(8-9-13(12)33-4)17(32,19(21,22)23)15(30)34-6-2/h8-10,27,32H,5-7H2,1-4H3,(H,28,29)/t17-,18+/m1/s1. The molecule has 0 bridgehead atoms. The van der Waals surface area contributed by atoms with Gasteiger partial charge in [-0.3, -0.25) is 4.79 Å². The van der Waals surface area contributed by atoms with Gasteiger partial charge < -0.3 is 30.0 Å². The van der Waals surface area contributed by atoms with E-state index in [1.54, 1.807) is 5.32 Å². The Hall–Kier alpha value is -3.23. The van der Waals surface area contributed by atoms with Gasteiger partial charge in [-0.1, -0.05) is 13.0 Å². The number of hydrogen-bond donors (Lipinski definition) is 3. The number of methoxy groups -OCH3 is 1.